The maximum atomic E-state index is 11.6. The van der Waals surface area contributed by atoms with E-state index in [1.807, 2.05) is 0 Å². The summed E-state index contributed by atoms with van der Waals surface area (Å²) < 4.78 is 11.6. The monoisotopic (exact) mass is 146 g/mol. The van der Waals surface area contributed by atoms with Crippen molar-refractivity contribution in [3.63, 3.8) is 0 Å². The highest BCUT2D eigenvalue weighted by Crippen LogP contribution is 1.82. The normalized spacial score (nSPS) is 8.40. The standard InChI is InChI=1S/C5H7FN2O2/c1-2-3-7-8(4-6)5(9)10/h1,7H,3-4H2,(H,9,10). The van der Waals surface area contributed by atoms with Gasteiger partial charge < -0.3 is 5.11 Å². The van der Waals surface area contributed by atoms with Crippen LogP contribution in [0, 0.1) is 12.3 Å². The molecule has 0 rings (SSSR count). The molecule has 0 atom stereocenters. The Bertz CT molecular complexity index is 154. The second kappa shape index (κ2) is 4.58. The Morgan fingerprint density at radius 2 is 2.50 bits per heavy atom. The number of alkyl halides is 1. The van der Waals surface area contributed by atoms with Gasteiger partial charge in [-0.15, -0.1) is 6.42 Å². The number of carbonyl (C=O) groups is 1. The van der Waals surface area contributed by atoms with E-state index < -0.39 is 12.9 Å². The summed E-state index contributed by atoms with van der Waals surface area (Å²) in [5.41, 5.74) is 2.14. The number of terminal acetylenes is 1. The maximum Gasteiger partial charge on any atom is 0.424 e. The van der Waals surface area contributed by atoms with Gasteiger partial charge >= 0.3 is 6.09 Å². The zero-order valence-electron chi connectivity index (χ0n) is 5.17. The predicted octanol–water partition coefficient (Wildman–Crippen LogP) is 0.0312. The Morgan fingerprint density at radius 3 is 2.80 bits per heavy atom. The molecule has 56 valence electrons. The van der Waals surface area contributed by atoms with Gasteiger partial charge in [0.25, 0.3) is 0 Å². The average Bonchev–Trinajstić information content (AvgIpc) is 1.89. The van der Waals surface area contributed by atoms with Crippen LogP contribution in [0.3, 0.4) is 0 Å². The first-order valence-electron chi connectivity index (χ1n) is 2.45. The molecule has 0 aromatic carbocycles. The minimum absolute atomic E-state index is 0.00375. The van der Waals surface area contributed by atoms with E-state index in [1.165, 1.54) is 0 Å². The van der Waals surface area contributed by atoms with Crippen molar-refractivity contribution in [1.82, 2.24) is 10.4 Å². The smallest absolute Gasteiger partial charge is 0.424 e. The van der Waals surface area contributed by atoms with Crippen molar-refractivity contribution < 1.29 is 14.3 Å². The molecule has 0 aliphatic rings. The van der Waals surface area contributed by atoms with Crippen molar-refractivity contribution in [3.8, 4) is 12.3 Å². The van der Waals surface area contributed by atoms with Gasteiger partial charge in [0.1, 0.15) is 0 Å². The molecule has 0 unspecified atom stereocenters. The van der Waals surface area contributed by atoms with E-state index in [9.17, 15) is 9.18 Å². The van der Waals surface area contributed by atoms with Crippen LogP contribution in [-0.4, -0.2) is 29.6 Å². The summed E-state index contributed by atoms with van der Waals surface area (Å²) in [5.74, 6) is 2.10. The zero-order valence-corrected chi connectivity index (χ0v) is 5.17. The van der Waals surface area contributed by atoms with E-state index >= 15 is 0 Å². The summed E-state index contributed by atoms with van der Waals surface area (Å²) in [5, 5.41) is 8.52. The van der Waals surface area contributed by atoms with Crippen LogP contribution in [0.4, 0.5) is 9.18 Å². The fourth-order valence-corrected chi connectivity index (χ4v) is 0.302. The minimum Gasteiger partial charge on any atom is -0.464 e. The first kappa shape index (κ1) is 8.72. The highest BCUT2D eigenvalue weighted by molar-refractivity contribution is 5.64. The van der Waals surface area contributed by atoms with Gasteiger partial charge in [-0.3, -0.25) is 0 Å². The van der Waals surface area contributed by atoms with Gasteiger partial charge in [0.2, 0.25) is 0 Å². The maximum absolute atomic E-state index is 11.6. The number of nitrogens with zero attached hydrogens (tertiary/aromatic N) is 1. The predicted molar refractivity (Wildman–Crippen MR) is 32.7 cm³/mol. The molecule has 0 aliphatic heterocycles. The molecule has 0 aliphatic carbocycles. The van der Waals surface area contributed by atoms with Crippen molar-refractivity contribution in [2.24, 2.45) is 0 Å². The lowest BCUT2D eigenvalue weighted by atomic mass is 10.7. The van der Waals surface area contributed by atoms with Gasteiger partial charge in [-0.05, 0) is 0 Å². The number of amides is 1. The summed E-state index contributed by atoms with van der Waals surface area (Å²) >= 11 is 0. The van der Waals surface area contributed by atoms with Gasteiger partial charge in [0, 0.05) is 0 Å². The Hall–Kier alpha value is -1.28. The highest BCUT2D eigenvalue weighted by Gasteiger charge is 2.07. The Kier molecular flexibility index (Phi) is 4.00. The van der Waals surface area contributed by atoms with E-state index in [2.05, 4.69) is 11.3 Å². The zero-order chi connectivity index (χ0) is 7.98. The Balaban J connectivity index is 3.63. The third kappa shape index (κ3) is 2.89. The molecule has 4 nitrogen and oxygen atoms in total. The molecule has 0 heterocycles. The molecule has 0 radical (unpaired) electrons. The summed E-state index contributed by atoms with van der Waals surface area (Å²) in [6.07, 6.45) is 3.39. The molecule has 0 saturated carbocycles. The second-order valence-corrected chi connectivity index (χ2v) is 1.37. The van der Waals surface area contributed by atoms with Crippen LogP contribution < -0.4 is 5.43 Å². The molecule has 0 bridgehead atoms. The summed E-state index contributed by atoms with van der Waals surface area (Å²) in [6.45, 7) is -1.12. The summed E-state index contributed by atoms with van der Waals surface area (Å²) in [7, 11) is 0. The van der Waals surface area contributed by atoms with E-state index in [4.69, 9.17) is 11.5 Å². The van der Waals surface area contributed by atoms with Crippen molar-refractivity contribution in [3.05, 3.63) is 0 Å². The fraction of sp³-hybridized carbons (Fsp3) is 0.400. The van der Waals surface area contributed by atoms with Crippen molar-refractivity contribution in [1.29, 1.82) is 0 Å². The van der Waals surface area contributed by atoms with Crippen LogP contribution in [0.15, 0.2) is 0 Å². The molecule has 1 amide bonds. The van der Waals surface area contributed by atoms with Crippen LogP contribution in [0.2, 0.25) is 0 Å². The second-order valence-electron chi connectivity index (χ2n) is 1.37. The van der Waals surface area contributed by atoms with Crippen molar-refractivity contribution in [2.45, 2.75) is 0 Å². The lowest BCUT2D eigenvalue weighted by Gasteiger charge is -2.13. The number of hydrazine groups is 1. The topological polar surface area (TPSA) is 52.6 Å². The largest absolute Gasteiger partial charge is 0.464 e. The van der Waals surface area contributed by atoms with Crippen LogP contribution in [-0.2, 0) is 0 Å². The van der Waals surface area contributed by atoms with Crippen molar-refractivity contribution >= 4 is 6.09 Å². The summed E-state index contributed by atoms with van der Waals surface area (Å²) in [4.78, 5) is 9.99. The van der Waals surface area contributed by atoms with Gasteiger partial charge in [-0.2, -0.15) is 0 Å². The number of hydrogen-bond acceptors (Lipinski definition) is 2. The van der Waals surface area contributed by atoms with Gasteiger partial charge in [-0.1, -0.05) is 5.92 Å². The lowest BCUT2D eigenvalue weighted by molar-refractivity contribution is 0.0962. The van der Waals surface area contributed by atoms with Gasteiger partial charge in [0.05, 0.1) is 6.54 Å². The molecule has 10 heavy (non-hydrogen) atoms. The third-order valence-electron chi connectivity index (χ3n) is 0.722. The van der Waals surface area contributed by atoms with Gasteiger partial charge in [0.15, 0.2) is 6.80 Å². The molecular formula is C5H7FN2O2. The molecule has 0 spiro atoms. The molecule has 0 saturated heterocycles. The third-order valence-corrected chi connectivity index (χ3v) is 0.722. The Morgan fingerprint density at radius 1 is 1.90 bits per heavy atom. The van der Waals surface area contributed by atoms with Crippen LogP contribution in [0.25, 0.3) is 0 Å². The SMILES string of the molecule is C#CCNN(CF)C(=O)O. The van der Waals surface area contributed by atoms with E-state index in [-0.39, 0.29) is 6.54 Å². The van der Waals surface area contributed by atoms with E-state index in [0.717, 1.165) is 0 Å². The quantitative estimate of drug-likeness (QED) is 0.335. The van der Waals surface area contributed by atoms with Crippen molar-refractivity contribution in [2.75, 3.05) is 13.3 Å². The fourth-order valence-electron chi connectivity index (χ4n) is 0.302. The average molecular weight is 146 g/mol. The first-order valence-corrected chi connectivity index (χ1v) is 2.45. The van der Waals surface area contributed by atoms with Crippen LogP contribution in [0.1, 0.15) is 0 Å². The minimum atomic E-state index is -1.39. The van der Waals surface area contributed by atoms with E-state index in [0.29, 0.717) is 5.01 Å². The summed E-state index contributed by atoms with van der Waals surface area (Å²) in [6, 6.07) is 0. The number of halogens is 1. The number of carboxylic acid groups (broad SMARTS) is 1. The molecule has 0 aromatic rings. The molecular weight excluding hydrogens is 139 g/mol. The van der Waals surface area contributed by atoms with Crippen LogP contribution >= 0.6 is 0 Å². The van der Waals surface area contributed by atoms with E-state index in [1.54, 1.807) is 0 Å². The molecule has 2 N–H and O–H groups in total. The number of nitrogens with one attached hydrogen (secondary N) is 1. The number of rotatable bonds is 3. The van der Waals surface area contributed by atoms with Crippen LogP contribution in [0.5, 0.6) is 0 Å². The molecule has 0 aromatic heterocycles. The molecule has 5 heteroatoms. The highest BCUT2D eigenvalue weighted by atomic mass is 19.1. The van der Waals surface area contributed by atoms with Gasteiger partial charge in [-0.25, -0.2) is 19.6 Å². The Labute approximate surface area is 57.6 Å². The number of hydrogen-bond donors (Lipinski definition) is 2. The molecule has 0 fully saturated rings. The first-order chi connectivity index (χ1) is 4.72. The lowest BCUT2D eigenvalue weighted by Crippen LogP contribution is -2.41.